The van der Waals surface area contributed by atoms with Crippen molar-refractivity contribution in [3.05, 3.63) is 0 Å². The lowest BCUT2D eigenvalue weighted by atomic mass is 9.97. The SMILES string of the molecule is CCCC(S)C(C)CC(=O)CC[Si](OC)(OC)OCN(CC)CC. The Labute approximate surface area is 155 Å². The van der Waals surface area contributed by atoms with Gasteiger partial charge in [0.05, 0.1) is 6.73 Å². The molecule has 0 fully saturated rings. The van der Waals surface area contributed by atoms with E-state index >= 15 is 0 Å². The number of Topliss-reactive ketones (excluding diaryl/α,β-unsaturated/α-hetero) is 1. The summed E-state index contributed by atoms with van der Waals surface area (Å²) in [5.41, 5.74) is 0. The Balaban J connectivity index is 4.48. The molecule has 2 unspecified atom stereocenters. The molecule has 5 nitrogen and oxygen atoms in total. The third-order valence-electron chi connectivity index (χ3n) is 4.48. The van der Waals surface area contributed by atoms with Gasteiger partial charge in [-0.25, -0.2) is 0 Å². The number of rotatable bonds is 15. The lowest BCUT2D eigenvalue weighted by molar-refractivity contribution is -0.119. The van der Waals surface area contributed by atoms with Gasteiger partial charge in [-0.05, 0) is 25.4 Å². The Morgan fingerprint density at radius 2 is 1.75 bits per heavy atom. The van der Waals surface area contributed by atoms with Crippen molar-refractivity contribution in [3.63, 3.8) is 0 Å². The van der Waals surface area contributed by atoms with Gasteiger partial charge in [-0.2, -0.15) is 12.6 Å². The molecule has 0 aromatic heterocycles. The molecule has 0 spiro atoms. The molecule has 0 aromatic rings. The van der Waals surface area contributed by atoms with E-state index in [0.29, 0.717) is 31.5 Å². The van der Waals surface area contributed by atoms with E-state index < -0.39 is 8.80 Å². The van der Waals surface area contributed by atoms with Crippen molar-refractivity contribution in [1.29, 1.82) is 0 Å². The van der Waals surface area contributed by atoms with Gasteiger partial charge in [-0.3, -0.25) is 9.69 Å². The molecule has 2 atom stereocenters. The van der Waals surface area contributed by atoms with Crippen LogP contribution in [0.15, 0.2) is 0 Å². The summed E-state index contributed by atoms with van der Waals surface area (Å²) in [5.74, 6) is 0.522. The van der Waals surface area contributed by atoms with E-state index in [1.165, 1.54) is 0 Å². The standard InChI is InChI=1S/C17H37NO4SSi/c1-7-10-17(23)15(4)13-16(19)11-12-24(20-5,21-6)22-14-18(8-2)9-3/h15,17,23H,7-14H2,1-6H3. The molecule has 0 saturated heterocycles. The number of thiol groups is 1. The Morgan fingerprint density at radius 1 is 1.17 bits per heavy atom. The molecule has 0 aliphatic rings. The van der Waals surface area contributed by atoms with E-state index in [1.807, 2.05) is 0 Å². The molecule has 0 amide bonds. The first-order valence-electron chi connectivity index (χ1n) is 9.04. The van der Waals surface area contributed by atoms with Crippen molar-refractivity contribution >= 4 is 27.2 Å². The third-order valence-corrected chi connectivity index (χ3v) is 7.93. The topological polar surface area (TPSA) is 48.0 Å². The van der Waals surface area contributed by atoms with Gasteiger partial charge >= 0.3 is 8.80 Å². The van der Waals surface area contributed by atoms with Crippen molar-refractivity contribution in [2.24, 2.45) is 5.92 Å². The van der Waals surface area contributed by atoms with E-state index in [1.54, 1.807) is 14.2 Å². The molecule has 0 aliphatic heterocycles. The molecule has 0 saturated carbocycles. The highest BCUT2D eigenvalue weighted by Gasteiger charge is 2.39. The maximum atomic E-state index is 12.3. The summed E-state index contributed by atoms with van der Waals surface area (Å²) in [5, 5.41) is 0.282. The summed E-state index contributed by atoms with van der Waals surface area (Å²) >= 11 is 4.60. The summed E-state index contributed by atoms with van der Waals surface area (Å²) in [4.78, 5) is 14.5. The second-order valence-electron chi connectivity index (χ2n) is 6.24. The fourth-order valence-electron chi connectivity index (χ4n) is 2.54. The molecule has 0 rings (SSSR count). The molecular formula is C17H37NO4SSi. The van der Waals surface area contributed by atoms with E-state index in [2.05, 4.69) is 45.2 Å². The van der Waals surface area contributed by atoms with Gasteiger partial charge in [0.1, 0.15) is 5.78 Å². The van der Waals surface area contributed by atoms with Crippen LogP contribution in [0.2, 0.25) is 6.04 Å². The zero-order valence-electron chi connectivity index (χ0n) is 16.3. The lowest BCUT2D eigenvalue weighted by Crippen LogP contribution is -2.47. The van der Waals surface area contributed by atoms with Gasteiger partial charge in [-0.15, -0.1) is 0 Å². The van der Waals surface area contributed by atoms with Gasteiger partial charge in [-0.1, -0.05) is 34.1 Å². The van der Waals surface area contributed by atoms with Gasteiger partial charge < -0.3 is 13.3 Å². The van der Waals surface area contributed by atoms with Crippen LogP contribution in [0.1, 0.15) is 53.4 Å². The van der Waals surface area contributed by atoms with Crippen LogP contribution in [0.25, 0.3) is 0 Å². The van der Waals surface area contributed by atoms with Crippen LogP contribution in [-0.4, -0.2) is 58.8 Å². The lowest BCUT2D eigenvalue weighted by Gasteiger charge is -2.29. The summed E-state index contributed by atoms with van der Waals surface area (Å²) in [6.07, 6.45) is 3.12. The average molecular weight is 380 g/mol. The summed E-state index contributed by atoms with van der Waals surface area (Å²) < 4.78 is 17.1. The fourth-order valence-corrected chi connectivity index (χ4v) is 4.83. The van der Waals surface area contributed by atoms with E-state index in [-0.39, 0.29) is 11.0 Å². The minimum atomic E-state index is -2.78. The van der Waals surface area contributed by atoms with Crippen LogP contribution >= 0.6 is 12.6 Å². The monoisotopic (exact) mass is 379 g/mol. The highest BCUT2D eigenvalue weighted by Crippen LogP contribution is 2.22. The van der Waals surface area contributed by atoms with Gasteiger partial charge in [0, 0.05) is 38.4 Å². The molecule has 0 heterocycles. The second kappa shape index (κ2) is 13.3. The molecule has 0 radical (unpaired) electrons. The maximum Gasteiger partial charge on any atom is 0.501 e. The van der Waals surface area contributed by atoms with E-state index in [9.17, 15) is 4.79 Å². The first kappa shape index (κ1) is 24.1. The van der Waals surface area contributed by atoms with Gasteiger partial charge in [0.2, 0.25) is 0 Å². The largest absolute Gasteiger partial charge is 0.501 e. The van der Waals surface area contributed by atoms with Crippen LogP contribution < -0.4 is 0 Å². The molecule has 7 heteroatoms. The van der Waals surface area contributed by atoms with Gasteiger partial charge in [0.25, 0.3) is 0 Å². The number of nitrogens with zero attached hydrogens (tertiary/aromatic N) is 1. The van der Waals surface area contributed by atoms with Crippen molar-refractivity contribution in [2.75, 3.05) is 34.0 Å². The van der Waals surface area contributed by atoms with Crippen molar-refractivity contribution in [1.82, 2.24) is 4.90 Å². The highest BCUT2D eigenvalue weighted by atomic mass is 32.1. The number of ketones is 1. The molecule has 144 valence electrons. The van der Waals surface area contributed by atoms with Gasteiger partial charge in [0.15, 0.2) is 0 Å². The summed E-state index contributed by atoms with van der Waals surface area (Å²) in [6, 6.07) is 0.526. The molecule has 0 N–H and O–H groups in total. The first-order valence-corrected chi connectivity index (χ1v) is 11.5. The highest BCUT2D eigenvalue weighted by molar-refractivity contribution is 7.81. The molecular weight excluding hydrogens is 342 g/mol. The second-order valence-corrected chi connectivity index (χ2v) is 9.88. The molecule has 0 aliphatic carbocycles. The van der Waals surface area contributed by atoms with Crippen molar-refractivity contribution in [3.8, 4) is 0 Å². The van der Waals surface area contributed by atoms with Crippen molar-refractivity contribution < 1.29 is 18.1 Å². The van der Waals surface area contributed by atoms with Crippen LogP contribution in [0.4, 0.5) is 0 Å². The average Bonchev–Trinajstić information content (AvgIpc) is 2.59. The molecule has 0 aromatic carbocycles. The summed E-state index contributed by atoms with van der Waals surface area (Å²) in [6.45, 7) is 10.7. The molecule has 0 bridgehead atoms. The Kier molecular flexibility index (Phi) is 13.3. The summed E-state index contributed by atoms with van der Waals surface area (Å²) in [7, 11) is 0.438. The Bertz CT molecular complexity index is 339. The molecule has 24 heavy (non-hydrogen) atoms. The number of hydrogen-bond acceptors (Lipinski definition) is 6. The quantitative estimate of drug-likeness (QED) is 0.267. The Hall–Kier alpha value is 0.0769. The van der Waals surface area contributed by atoms with Crippen LogP contribution in [0.5, 0.6) is 0 Å². The zero-order valence-corrected chi connectivity index (χ0v) is 18.2. The minimum Gasteiger partial charge on any atom is -0.377 e. The van der Waals surface area contributed by atoms with Crippen LogP contribution in [0, 0.1) is 5.92 Å². The zero-order chi connectivity index (χ0) is 18.6. The third kappa shape index (κ3) is 8.96. The van der Waals surface area contributed by atoms with Crippen LogP contribution in [-0.2, 0) is 18.1 Å². The van der Waals surface area contributed by atoms with E-state index in [4.69, 9.17) is 13.3 Å². The fraction of sp³-hybridized carbons (Fsp3) is 0.941. The number of carbonyl (C=O) groups excluding carboxylic acids is 1. The van der Waals surface area contributed by atoms with E-state index in [0.717, 1.165) is 25.9 Å². The van der Waals surface area contributed by atoms with Crippen LogP contribution in [0.3, 0.4) is 0 Å². The first-order chi connectivity index (χ1) is 11.4. The number of carbonyl (C=O) groups is 1. The smallest absolute Gasteiger partial charge is 0.377 e. The predicted molar refractivity (Wildman–Crippen MR) is 105 cm³/mol. The number of hydrogen-bond donors (Lipinski definition) is 1. The van der Waals surface area contributed by atoms with Crippen molar-refractivity contribution in [2.45, 2.75) is 64.7 Å². The maximum absolute atomic E-state index is 12.3. The Morgan fingerprint density at radius 3 is 2.21 bits per heavy atom. The minimum absolute atomic E-state index is 0.232. The predicted octanol–water partition coefficient (Wildman–Crippen LogP) is 3.62. The normalized spacial score (nSPS) is 14.8.